The largest absolute Gasteiger partial charge is 0.414 e. The van der Waals surface area contributed by atoms with E-state index in [1.807, 2.05) is 0 Å². The molecule has 1 aliphatic carbocycles. The van der Waals surface area contributed by atoms with Crippen molar-refractivity contribution in [2.75, 3.05) is 6.61 Å². The monoisotopic (exact) mass is 456 g/mol. The maximum Gasteiger partial charge on any atom is 0.192 e. The van der Waals surface area contributed by atoms with Crippen molar-refractivity contribution in [3.8, 4) is 0 Å². The first-order chi connectivity index (χ1) is 13.5. The minimum absolute atomic E-state index is 0.0111. The van der Waals surface area contributed by atoms with Crippen LogP contribution in [0.5, 0.6) is 0 Å². The lowest BCUT2D eigenvalue weighted by Gasteiger charge is -2.47. The van der Waals surface area contributed by atoms with Crippen molar-refractivity contribution in [2.45, 2.75) is 135 Å². The molecule has 0 aromatic rings. The van der Waals surface area contributed by atoms with E-state index in [2.05, 4.69) is 74.3 Å². The standard InChI is InChI=1S/C24H48O4Si2/c1-18-20(26-22-14-12-13-15-25-22)16-19(27-29(8,9)23(2,3)4)17-21(18)28-30(10,11)24(5,6)7/h19-22H,1,12-17H2,2-11H3/t19-,20?,21-,22?/m1/s1. The van der Waals surface area contributed by atoms with Crippen molar-refractivity contribution >= 4 is 16.6 Å². The van der Waals surface area contributed by atoms with Gasteiger partial charge in [-0.3, -0.25) is 0 Å². The zero-order valence-electron chi connectivity index (χ0n) is 21.4. The van der Waals surface area contributed by atoms with Gasteiger partial charge in [0.2, 0.25) is 0 Å². The number of ether oxygens (including phenoxy) is 2. The summed E-state index contributed by atoms with van der Waals surface area (Å²) in [5.41, 5.74) is 1.07. The van der Waals surface area contributed by atoms with Crippen LogP contribution in [-0.4, -0.2) is 47.8 Å². The van der Waals surface area contributed by atoms with Crippen LogP contribution >= 0.6 is 0 Å². The summed E-state index contributed by atoms with van der Waals surface area (Å²) in [7, 11) is -3.81. The van der Waals surface area contributed by atoms with Crippen LogP contribution in [0.3, 0.4) is 0 Å². The zero-order chi connectivity index (χ0) is 23.0. The van der Waals surface area contributed by atoms with E-state index in [4.69, 9.17) is 18.3 Å². The van der Waals surface area contributed by atoms with Gasteiger partial charge in [0, 0.05) is 19.4 Å². The third-order valence-electron chi connectivity index (χ3n) is 7.75. The van der Waals surface area contributed by atoms with Gasteiger partial charge >= 0.3 is 0 Å². The van der Waals surface area contributed by atoms with Crippen molar-refractivity contribution in [1.82, 2.24) is 0 Å². The normalized spacial score (nSPS) is 29.9. The molecule has 2 aliphatic rings. The molecule has 0 aromatic heterocycles. The van der Waals surface area contributed by atoms with Gasteiger partial charge in [-0.05, 0) is 61.1 Å². The molecule has 2 rings (SSSR count). The third-order valence-corrected chi connectivity index (χ3v) is 16.8. The van der Waals surface area contributed by atoms with E-state index in [0.29, 0.717) is 0 Å². The highest BCUT2D eigenvalue weighted by molar-refractivity contribution is 6.74. The first kappa shape index (κ1) is 26.3. The summed E-state index contributed by atoms with van der Waals surface area (Å²) in [6.07, 6.45) is 4.92. The second-order valence-corrected chi connectivity index (χ2v) is 21.8. The Balaban J connectivity index is 2.21. The predicted molar refractivity (Wildman–Crippen MR) is 131 cm³/mol. The van der Waals surface area contributed by atoms with E-state index in [9.17, 15) is 0 Å². The first-order valence-corrected chi connectivity index (χ1v) is 17.7. The Labute approximate surface area is 188 Å². The molecular formula is C24H48O4Si2. The molecule has 1 heterocycles. The van der Waals surface area contributed by atoms with Gasteiger partial charge in [-0.2, -0.15) is 0 Å². The second kappa shape index (κ2) is 9.48. The maximum absolute atomic E-state index is 6.86. The van der Waals surface area contributed by atoms with Crippen LogP contribution < -0.4 is 0 Å². The molecule has 0 radical (unpaired) electrons. The topological polar surface area (TPSA) is 36.9 Å². The summed E-state index contributed by atoms with van der Waals surface area (Å²) in [5.74, 6) is 0. The van der Waals surface area contributed by atoms with E-state index < -0.39 is 16.6 Å². The molecule has 0 N–H and O–H groups in total. The molecule has 0 bridgehead atoms. The quantitative estimate of drug-likeness (QED) is 0.317. The van der Waals surface area contributed by atoms with Crippen LogP contribution in [0.2, 0.25) is 36.3 Å². The minimum atomic E-state index is -1.93. The maximum atomic E-state index is 6.86. The van der Waals surface area contributed by atoms with Crippen LogP contribution in [0, 0.1) is 0 Å². The molecule has 1 saturated heterocycles. The molecule has 0 amide bonds. The second-order valence-electron chi connectivity index (χ2n) is 12.3. The van der Waals surface area contributed by atoms with Crippen molar-refractivity contribution in [3.63, 3.8) is 0 Å². The molecule has 1 saturated carbocycles. The van der Waals surface area contributed by atoms with Gasteiger partial charge < -0.3 is 18.3 Å². The molecule has 6 heteroatoms. The lowest BCUT2D eigenvalue weighted by molar-refractivity contribution is -0.190. The van der Waals surface area contributed by atoms with Gasteiger partial charge in [-0.1, -0.05) is 48.1 Å². The van der Waals surface area contributed by atoms with Crippen molar-refractivity contribution in [2.24, 2.45) is 0 Å². The molecule has 1 aliphatic heterocycles. The predicted octanol–water partition coefficient (Wildman–Crippen LogP) is 7.03. The SMILES string of the molecule is C=C1C(OC2CCCCO2)C[C@@H](O[Si](C)(C)C(C)(C)C)C[C@H]1O[Si](C)(C)C(C)(C)C. The molecule has 0 aromatic carbocycles. The summed E-state index contributed by atoms with van der Waals surface area (Å²) >= 11 is 0. The molecular weight excluding hydrogens is 408 g/mol. The zero-order valence-corrected chi connectivity index (χ0v) is 23.4. The van der Waals surface area contributed by atoms with E-state index in [1.165, 1.54) is 0 Å². The Bertz CT molecular complexity index is 583. The van der Waals surface area contributed by atoms with E-state index in [0.717, 1.165) is 44.3 Å². The fourth-order valence-electron chi connectivity index (χ4n) is 3.57. The highest BCUT2D eigenvalue weighted by Crippen LogP contribution is 2.43. The van der Waals surface area contributed by atoms with Gasteiger partial charge in [-0.25, -0.2) is 0 Å². The summed E-state index contributed by atoms with van der Waals surface area (Å²) in [6.45, 7) is 28.3. The van der Waals surface area contributed by atoms with E-state index in [-0.39, 0.29) is 34.7 Å². The molecule has 2 unspecified atom stereocenters. The minimum Gasteiger partial charge on any atom is -0.414 e. The average Bonchev–Trinajstić information content (AvgIpc) is 2.57. The Morgan fingerprint density at radius 2 is 1.37 bits per heavy atom. The highest BCUT2D eigenvalue weighted by Gasteiger charge is 2.46. The Kier molecular flexibility index (Phi) is 8.30. The first-order valence-electron chi connectivity index (χ1n) is 11.8. The fraction of sp³-hybridized carbons (Fsp3) is 0.917. The van der Waals surface area contributed by atoms with Crippen molar-refractivity contribution < 1.29 is 18.3 Å². The van der Waals surface area contributed by atoms with E-state index in [1.54, 1.807) is 0 Å². The summed E-state index contributed by atoms with van der Waals surface area (Å²) in [5, 5.41) is 0.337. The summed E-state index contributed by atoms with van der Waals surface area (Å²) in [4.78, 5) is 0. The molecule has 4 nitrogen and oxygen atoms in total. The highest BCUT2D eigenvalue weighted by atomic mass is 28.4. The number of hydrogen-bond acceptors (Lipinski definition) is 4. The number of rotatable bonds is 6. The van der Waals surface area contributed by atoms with E-state index >= 15 is 0 Å². The van der Waals surface area contributed by atoms with Crippen LogP contribution in [0.15, 0.2) is 12.2 Å². The Morgan fingerprint density at radius 3 is 1.87 bits per heavy atom. The molecule has 4 atom stereocenters. The molecule has 176 valence electrons. The average molecular weight is 457 g/mol. The van der Waals surface area contributed by atoms with Crippen molar-refractivity contribution in [3.05, 3.63) is 12.2 Å². The van der Waals surface area contributed by atoms with Gasteiger partial charge in [0.25, 0.3) is 0 Å². The molecule has 2 fully saturated rings. The lowest BCUT2D eigenvalue weighted by Crippen LogP contribution is -2.52. The Morgan fingerprint density at radius 1 is 0.833 bits per heavy atom. The van der Waals surface area contributed by atoms with Crippen LogP contribution in [0.25, 0.3) is 0 Å². The van der Waals surface area contributed by atoms with Gasteiger partial charge in [-0.15, -0.1) is 0 Å². The van der Waals surface area contributed by atoms with Crippen LogP contribution in [-0.2, 0) is 18.3 Å². The van der Waals surface area contributed by atoms with Gasteiger partial charge in [0.1, 0.15) is 0 Å². The summed E-state index contributed by atoms with van der Waals surface area (Å²) < 4.78 is 26.0. The Hall–Kier alpha value is 0.0138. The number of hydrogen-bond donors (Lipinski definition) is 0. The molecule has 0 spiro atoms. The van der Waals surface area contributed by atoms with Crippen molar-refractivity contribution in [1.29, 1.82) is 0 Å². The van der Waals surface area contributed by atoms with Gasteiger partial charge in [0.15, 0.2) is 22.9 Å². The van der Waals surface area contributed by atoms with Crippen LogP contribution in [0.4, 0.5) is 0 Å². The fourth-order valence-corrected chi connectivity index (χ4v) is 6.27. The lowest BCUT2D eigenvalue weighted by atomic mass is 9.88. The summed E-state index contributed by atoms with van der Waals surface area (Å²) in [6, 6.07) is 0. The molecule has 30 heavy (non-hydrogen) atoms. The third kappa shape index (κ3) is 6.52. The smallest absolute Gasteiger partial charge is 0.192 e. The van der Waals surface area contributed by atoms with Gasteiger partial charge in [0.05, 0.1) is 18.3 Å². The van der Waals surface area contributed by atoms with Crippen LogP contribution in [0.1, 0.15) is 73.6 Å².